The Morgan fingerprint density at radius 2 is 0.727 bits per heavy atom. The quantitative estimate of drug-likeness (QED) is 0.158. The Morgan fingerprint density at radius 1 is 0.348 bits per heavy atom. The van der Waals surface area contributed by atoms with Crippen molar-refractivity contribution in [3.05, 3.63) is 286 Å². The Morgan fingerprint density at radius 3 is 1.17 bits per heavy atom. The van der Waals surface area contributed by atoms with E-state index in [9.17, 15) is 0 Å². The van der Waals surface area contributed by atoms with E-state index in [1.807, 2.05) is 0 Å². The average molecular weight is 843 g/mol. The summed E-state index contributed by atoms with van der Waals surface area (Å²) in [5, 5.41) is 2.64. The zero-order valence-electron chi connectivity index (χ0n) is 36.6. The van der Waals surface area contributed by atoms with Crippen LogP contribution in [0.15, 0.2) is 231 Å². The first-order valence-electron chi connectivity index (χ1n) is 23.2. The second-order valence-electron chi connectivity index (χ2n) is 17.9. The van der Waals surface area contributed by atoms with Gasteiger partial charge < -0.3 is 9.13 Å². The van der Waals surface area contributed by atoms with Crippen molar-refractivity contribution in [3.63, 3.8) is 0 Å². The summed E-state index contributed by atoms with van der Waals surface area (Å²) in [7, 11) is 0. The van der Waals surface area contributed by atoms with Gasteiger partial charge in [-0.1, -0.05) is 194 Å². The molecule has 0 amide bonds. The maximum Gasteiger partial charge on any atom is 0.0707 e. The molecule has 0 saturated heterocycles. The summed E-state index contributed by atoms with van der Waals surface area (Å²) in [6.07, 6.45) is 20.4. The standard InChI is InChI=1S/C64H46N2/c1-3-17-54-56-19-9-13-25-62(56)65(60(54)23-5-1)52-39-31-46(32-40-52)44-27-35-50(36-28-44)64(58-21-11-7-15-48(58)43-49-16-8-12-22-59(49)64)51-37-29-45(30-38-51)47-33-41-53(42-34-47)66-61-24-6-2-4-18-55(61)57-20-10-14-26-63(57)66/h1-16,19-42H,17-18,43H2. The number of rotatable bonds is 6. The van der Waals surface area contributed by atoms with Crippen LogP contribution in [-0.4, -0.2) is 9.13 Å². The van der Waals surface area contributed by atoms with Crippen LogP contribution in [0.25, 0.3) is 67.6 Å². The Kier molecular flexibility index (Phi) is 8.99. The highest BCUT2D eigenvalue weighted by Gasteiger charge is 2.43. The zero-order valence-corrected chi connectivity index (χ0v) is 36.6. The van der Waals surface area contributed by atoms with E-state index in [2.05, 4.69) is 252 Å². The van der Waals surface area contributed by atoms with Gasteiger partial charge in [0.15, 0.2) is 0 Å². The molecule has 10 aromatic rings. The lowest BCUT2D eigenvalue weighted by atomic mass is 9.59. The molecule has 2 heteroatoms. The Hall–Kier alpha value is -8.20. The molecule has 0 aliphatic heterocycles. The first-order chi connectivity index (χ1) is 32.7. The van der Waals surface area contributed by atoms with Crippen LogP contribution in [0.5, 0.6) is 0 Å². The lowest BCUT2D eigenvalue weighted by Crippen LogP contribution is -2.36. The molecule has 2 nitrogen and oxygen atoms in total. The van der Waals surface area contributed by atoms with Crippen molar-refractivity contribution in [2.45, 2.75) is 24.7 Å². The minimum absolute atomic E-state index is 0.498. The summed E-state index contributed by atoms with van der Waals surface area (Å²) in [6, 6.07) is 72.8. The lowest BCUT2D eigenvalue weighted by molar-refractivity contribution is 0.703. The third-order valence-electron chi connectivity index (χ3n) is 14.5. The van der Waals surface area contributed by atoms with Gasteiger partial charge in [0, 0.05) is 22.1 Å². The average Bonchev–Trinajstić information content (AvgIpc) is 3.57. The number of fused-ring (bicyclic) bond motifs is 8. The molecule has 13 rings (SSSR count). The van der Waals surface area contributed by atoms with Gasteiger partial charge in [0.2, 0.25) is 0 Å². The van der Waals surface area contributed by atoms with Gasteiger partial charge in [0.25, 0.3) is 0 Å². The summed E-state index contributed by atoms with van der Waals surface area (Å²) >= 11 is 0. The van der Waals surface area contributed by atoms with Gasteiger partial charge in [-0.3, -0.25) is 0 Å². The summed E-state index contributed by atoms with van der Waals surface area (Å²) in [6.45, 7) is 0. The molecular formula is C64H46N2. The number of benzene rings is 8. The molecule has 66 heavy (non-hydrogen) atoms. The van der Waals surface area contributed by atoms with E-state index in [1.54, 1.807) is 0 Å². The van der Waals surface area contributed by atoms with E-state index >= 15 is 0 Å². The highest BCUT2D eigenvalue weighted by atomic mass is 15.0. The molecule has 312 valence electrons. The number of para-hydroxylation sites is 2. The normalized spacial score (nSPS) is 14.4. The van der Waals surface area contributed by atoms with Crippen molar-refractivity contribution >= 4 is 34.0 Å². The first-order valence-corrected chi connectivity index (χ1v) is 23.2. The molecule has 3 aliphatic carbocycles. The Labute approximate surface area is 386 Å². The van der Waals surface area contributed by atoms with Crippen molar-refractivity contribution < 1.29 is 0 Å². The number of allylic oxidation sites excluding steroid dienone is 6. The molecule has 2 heterocycles. The van der Waals surface area contributed by atoms with E-state index in [-0.39, 0.29) is 0 Å². The van der Waals surface area contributed by atoms with Crippen LogP contribution in [0, 0.1) is 0 Å². The number of aromatic nitrogens is 2. The second kappa shape index (κ2) is 15.5. The molecule has 0 N–H and O–H groups in total. The monoisotopic (exact) mass is 842 g/mol. The second-order valence-corrected chi connectivity index (χ2v) is 17.9. The van der Waals surface area contributed by atoms with Gasteiger partial charge in [-0.05, 0) is 135 Å². The predicted molar refractivity (Wildman–Crippen MR) is 276 cm³/mol. The van der Waals surface area contributed by atoms with Gasteiger partial charge >= 0.3 is 0 Å². The van der Waals surface area contributed by atoms with Crippen LogP contribution in [-0.2, 0) is 24.7 Å². The maximum absolute atomic E-state index is 2.41. The summed E-state index contributed by atoms with van der Waals surface area (Å²) in [4.78, 5) is 0. The number of hydrogen-bond acceptors (Lipinski definition) is 0. The summed E-state index contributed by atoms with van der Waals surface area (Å²) in [5.74, 6) is 0. The van der Waals surface area contributed by atoms with Crippen molar-refractivity contribution in [1.29, 1.82) is 0 Å². The molecule has 0 saturated carbocycles. The van der Waals surface area contributed by atoms with Crippen LogP contribution >= 0.6 is 0 Å². The molecule has 3 aliphatic rings. The molecule has 0 atom stereocenters. The highest BCUT2D eigenvalue weighted by molar-refractivity contribution is 5.92. The van der Waals surface area contributed by atoms with Crippen molar-refractivity contribution in [2.24, 2.45) is 0 Å². The van der Waals surface area contributed by atoms with Gasteiger partial charge in [-0.25, -0.2) is 0 Å². The first kappa shape index (κ1) is 38.3. The molecular weight excluding hydrogens is 797 g/mol. The molecule has 0 bridgehead atoms. The fourth-order valence-corrected chi connectivity index (χ4v) is 11.5. The van der Waals surface area contributed by atoms with Crippen LogP contribution in [0.1, 0.15) is 55.9 Å². The smallest absolute Gasteiger partial charge is 0.0707 e. The summed E-state index contributed by atoms with van der Waals surface area (Å²) < 4.78 is 4.83. The van der Waals surface area contributed by atoms with Crippen LogP contribution in [0.4, 0.5) is 0 Å². The zero-order chi connectivity index (χ0) is 43.6. The van der Waals surface area contributed by atoms with Gasteiger partial charge in [-0.15, -0.1) is 0 Å². The molecule has 0 spiro atoms. The predicted octanol–water partition coefficient (Wildman–Crippen LogP) is 15.4. The molecule has 8 aromatic carbocycles. The third-order valence-corrected chi connectivity index (χ3v) is 14.5. The number of nitrogens with zero attached hydrogens (tertiary/aromatic N) is 2. The van der Waals surface area contributed by atoms with Crippen LogP contribution in [0.2, 0.25) is 0 Å². The van der Waals surface area contributed by atoms with E-state index in [4.69, 9.17) is 0 Å². The van der Waals surface area contributed by atoms with Gasteiger partial charge in [0.1, 0.15) is 0 Å². The molecule has 0 fully saturated rings. The minimum atomic E-state index is -0.498. The fourth-order valence-electron chi connectivity index (χ4n) is 11.5. The van der Waals surface area contributed by atoms with E-state index < -0.39 is 5.41 Å². The molecule has 0 radical (unpaired) electrons. The van der Waals surface area contributed by atoms with Crippen molar-refractivity contribution in [3.8, 4) is 33.6 Å². The van der Waals surface area contributed by atoms with Crippen molar-refractivity contribution in [1.82, 2.24) is 9.13 Å². The molecule has 0 unspecified atom stereocenters. The van der Waals surface area contributed by atoms with Crippen molar-refractivity contribution in [2.75, 3.05) is 0 Å². The SMILES string of the molecule is C1=CCc2c(n(-c3ccc(-c4ccc(C5(c6ccc(-c7ccc(-n8c9c(c%10ccccc%108)CC=CC=C9)cc7)cc6)c6ccccc6Cc6ccccc65)cc4)cc3)c3ccccc23)C=C1. The Balaban J connectivity index is 0.876. The fraction of sp³-hybridized carbons (Fsp3) is 0.0625. The van der Waals surface area contributed by atoms with Crippen LogP contribution < -0.4 is 0 Å². The maximum atomic E-state index is 2.41. The van der Waals surface area contributed by atoms with Gasteiger partial charge in [0.05, 0.1) is 27.8 Å². The highest BCUT2D eigenvalue weighted by Crippen LogP contribution is 2.51. The minimum Gasteiger partial charge on any atom is -0.310 e. The Bertz CT molecular complexity index is 3380. The summed E-state index contributed by atoms with van der Waals surface area (Å²) in [5.41, 5.74) is 22.4. The number of hydrogen-bond donors (Lipinski definition) is 0. The van der Waals surface area contributed by atoms with E-state index in [1.165, 1.54) is 111 Å². The topological polar surface area (TPSA) is 9.86 Å². The third kappa shape index (κ3) is 5.95. The van der Waals surface area contributed by atoms with Gasteiger partial charge in [-0.2, -0.15) is 0 Å². The van der Waals surface area contributed by atoms with Crippen LogP contribution in [0.3, 0.4) is 0 Å². The van der Waals surface area contributed by atoms with E-state index in [0.717, 1.165) is 19.3 Å². The largest absolute Gasteiger partial charge is 0.310 e. The lowest BCUT2D eigenvalue weighted by Gasteiger charge is -2.42. The molecule has 2 aromatic heterocycles. The van der Waals surface area contributed by atoms with E-state index in [0.29, 0.717) is 0 Å².